The van der Waals surface area contributed by atoms with Crippen LogP contribution in [0, 0.1) is 5.82 Å². The van der Waals surface area contributed by atoms with Gasteiger partial charge in [-0.05, 0) is 18.1 Å². The van der Waals surface area contributed by atoms with E-state index in [0.29, 0.717) is 5.56 Å². The molecular weight excluding hydrogens is 300 g/mol. The molecule has 2 aromatic rings. The standard InChI is InChI=1S/C16H12F4O2/c1-9(15(21)22)11-7-8-12(10-5-3-2-4-6-10)14(17)13(11)16(18,19)20/h2-9H,1H3,(H,21,22)/t9-/m1/s1. The van der Waals surface area contributed by atoms with Crippen LogP contribution in [0.2, 0.25) is 0 Å². The van der Waals surface area contributed by atoms with Crippen LogP contribution in [0.3, 0.4) is 0 Å². The highest BCUT2D eigenvalue weighted by atomic mass is 19.4. The van der Waals surface area contributed by atoms with E-state index in [9.17, 15) is 22.4 Å². The molecule has 2 rings (SSSR count). The highest BCUT2D eigenvalue weighted by Crippen LogP contribution is 2.40. The van der Waals surface area contributed by atoms with E-state index in [2.05, 4.69) is 0 Å². The van der Waals surface area contributed by atoms with Crippen molar-refractivity contribution in [1.82, 2.24) is 0 Å². The number of hydrogen-bond donors (Lipinski definition) is 1. The average Bonchev–Trinajstić information content (AvgIpc) is 2.45. The number of hydrogen-bond acceptors (Lipinski definition) is 1. The smallest absolute Gasteiger partial charge is 0.419 e. The van der Waals surface area contributed by atoms with Crippen LogP contribution in [-0.2, 0) is 11.0 Å². The lowest BCUT2D eigenvalue weighted by Crippen LogP contribution is -2.18. The first-order valence-corrected chi connectivity index (χ1v) is 6.41. The molecule has 22 heavy (non-hydrogen) atoms. The fourth-order valence-corrected chi connectivity index (χ4v) is 2.21. The minimum Gasteiger partial charge on any atom is -0.481 e. The molecule has 0 unspecified atom stereocenters. The Morgan fingerprint density at radius 3 is 2.18 bits per heavy atom. The molecule has 2 aromatic carbocycles. The quantitative estimate of drug-likeness (QED) is 0.834. The van der Waals surface area contributed by atoms with Crippen LogP contribution in [0.25, 0.3) is 11.1 Å². The van der Waals surface area contributed by atoms with Crippen LogP contribution in [0.15, 0.2) is 42.5 Å². The zero-order valence-corrected chi connectivity index (χ0v) is 11.5. The SMILES string of the molecule is C[C@@H](C(=O)O)c1ccc(-c2ccccc2)c(F)c1C(F)(F)F. The fraction of sp³-hybridized carbons (Fsp3) is 0.188. The molecule has 0 aliphatic heterocycles. The largest absolute Gasteiger partial charge is 0.481 e. The Morgan fingerprint density at radius 2 is 1.68 bits per heavy atom. The summed E-state index contributed by atoms with van der Waals surface area (Å²) in [5.74, 6) is -4.36. The van der Waals surface area contributed by atoms with Crippen LogP contribution in [0.4, 0.5) is 17.6 Å². The molecule has 116 valence electrons. The maximum Gasteiger partial charge on any atom is 0.419 e. The van der Waals surface area contributed by atoms with E-state index in [1.165, 1.54) is 18.2 Å². The third-order valence-electron chi connectivity index (χ3n) is 3.38. The second kappa shape index (κ2) is 5.79. The topological polar surface area (TPSA) is 37.3 Å². The molecule has 0 amide bonds. The van der Waals surface area contributed by atoms with E-state index in [0.717, 1.165) is 13.0 Å². The van der Waals surface area contributed by atoms with Crippen molar-refractivity contribution in [1.29, 1.82) is 0 Å². The third-order valence-corrected chi connectivity index (χ3v) is 3.38. The van der Waals surface area contributed by atoms with Gasteiger partial charge in [-0.2, -0.15) is 13.2 Å². The minimum atomic E-state index is -4.98. The van der Waals surface area contributed by atoms with Gasteiger partial charge in [0, 0.05) is 5.56 Å². The number of carboxylic acids is 1. The number of carbonyl (C=O) groups is 1. The van der Waals surface area contributed by atoms with Gasteiger partial charge in [0.25, 0.3) is 0 Å². The van der Waals surface area contributed by atoms with Crippen molar-refractivity contribution >= 4 is 5.97 Å². The molecule has 0 heterocycles. The van der Waals surface area contributed by atoms with E-state index in [-0.39, 0.29) is 5.56 Å². The van der Waals surface area contributed by atoms with Crippen molar-refractivity contribution in [2.75, 3.05) is 0 Å². The van der Waals surface area contributed by atoms with Gasteiger partial charge >= 0.3 is 12.1 Å². The first kappa shape index (κ1) is 16.0. The number of rotatable bonds is 3. The zero-order valence-electron chi connectivity index (χ0n) is 11.5. The number of carboxylic acid groups (broad SMARTS) is 1. The summed E-state index contributed by atoms with van der Waals surface area (Å²) in [7, 11) is 0. The van der Waals surface area contributed by atoms with Crippen LogP contribution in [0.1, 0.15) is 24.0 Å². The van der Waals surface area contributed by atoms with E-state index >= 15 is 0 Å². The highest BCUT2D eigenvalue weighted by molar-refractivity contribution is 5.77. The molecule has 0 saturated carbocycles. The molecule has 0 spiro atoms. The van der Waals surface area contributed by atoms with E-state index in [4.69, 9.17) is 5.11 Å². The highest BCUT2D eigenvalue weighted by Gasteiger charge is 2.40. The summed E-state index contributed by atoms with van der Waals surface area (Å²) in [4.78, 5) is 11.0. The molecule has 0 radical (unpaired) electrons. The summed E-state index contributed by atoms with van der Waals surface area (Å²) in [5.41, 5.74) is -2.03. The molecule has 0 fully saturated rings. The second-order valence-electron chi connectivity index (χ2n) is 4.82. The van der Waals surface area contributed by atoms with Gasteiger partial charge in [-0.1, -0.05) is 42.5 Å². The summed E-state index contributed by atoms with van der Waals surface area (Å²) in [6.45, 7) is 1.09. The normalized spacial score (nSPS) is 13.0. The molecule has 6 heteroatoms. The molecule has 1 N–H and O–H groups in total. The van der Waals surface area contributed by atoms with Crippen LogP contribution in [0.5, 0.6) is 0 Å². The van der Waals surface area contributed by atoms with Gasteiger partial charge in [-0.3, -0.25) is 4.79 Å². The van der Waals surface area contributed by atoms with Crippen LogP contribution < -0.4 is 0 Å². The van der Waals surface area contributed by atoms with Gasteiger partial charge < -0.3 is 5.11 Å². The monoisotopic (exact) mass is 312 g/mol. The Balaban J connectivity index is 2.71. The van der Waals surface area contributed by atoms with Crippen LogP contribution >= 0.6 is 0 Å². The number of alkyl halides is 3. The maximum atomic E-state index is 14.4. The third kappa shape index (κ3) is 2.95. The molecule has 0 saturated heterocycles. The Hall–Kier alpha value is -2.37. The lowest BCUT2D eigenvalue weighted by Gasteiger charge is -2.18. The van der Waals surface area contributed by atoms with Crippen molar-refractivity contribution < 1.29 is 27.5 Å². The van der Waals surface area contributed by atoms with Crippen molar-refractivity contribution in [3.8, 4) is 11.1 Å². The van der Waals surface area contributed by atoms with Crippen molar-refractivity contribution in [3.63, 3.8) is 0 Å². The van der Waals surface area contributed by atoms with E-state index in [1.54, 1.807) is 18.2 Å². The Bertz CT molecular complexity index is 693. The lowest BCUT2D eigenvalue weighted by atomic mass is 9.91. The van der Waals surface area contributed by atoms with Gasteiger partial charge in [0.05, 0.1) is 11.5 Å². The minimum absolute atomic E-state index is 0.214. The van der Waals surface area contributed by atoms with Crippen molar-refractivity contribution in [2.45, 2.75) is 19.0 Å². The first-order chi connectivity index (χ1) is 10.2. The zero-order chi connectivity index (χ0) is 16.5. The van der Waals surface area contributed by atoms with E-state index in [1.807, 2.05) is 0 Å². The Morgan fingerprint density at radius 1 is 1.09 bits per heavy atom. The number of benzene rings is 2. The summed E-state index contributed by atoms with van der Waals surface area (Å²) in [6, 6.07) is 9.98. The molecule has 0 aliphatic rings. The van der Waals surface area contributed by atoms with Gasteiger partial charge in [-0.25, -0.2) is 4.39 Å². The fourth-order valence-electron chi connectivity index (χ4n) is 2.21. The molecule has 0 aromatic heterocycles. The summed E-state index contributed by atoms with van der Waals surface area (Å²) in [6.07, 6.45) is -4.98. The number of halogens is 4. The van der Waals surface area contributed by atoms with Crippen molar-refractivity contribution in [3.05, 3.63) is 59.4 Å². The summed E-state index contributed by atoms with van der Waals surface area (Å²) in [5, 5.41) is 8.91. The first-order valence-electron chi connectivity index (χ1n) is 6.41. The van der Waals surface area contributed by atoms with Crippen molar-refractivity contribution in [2.24, 2.45) is 0 Å². The Kier molecular flexibility index (Phi) is 4.21. The molecule has 0 aliphatic carbocycles. The number of aliphatic carboxylic acids is 1. The lowest BCUT2D eigenvalue weighted by molar-refractivity contribution is -0.142. The molecule has 2 nitrogen and oxygen atoms in total. The van der Waals surface area contributed by atoms with Gasteiger partial charge in [0.1, 0.15) is 5.82 Å². The Labute approximate surface area is 124 Å². The van der Waals surface area contributed by atoms with E-state index < -0.39 is 35.0 Å². The predicted octanol–water partition coefficient (Wildman–Crippen LogP) is 4.70. The molecule has 0 bridgehead atoms. The molecule has 1 atom stereocenters. The summed E-state index contributed by atoms with van der Waals surface area (Å²) < 4.78 is 54.0. The van der Waals surface area contributed by atoms with Crippen LogP contribution in [-0.4, -0.2) is 11.1 Å². The average molecular weight is 312 g/mol. The van der Waals surface area contributed by atoms with Gasteiger partial charge in [0.15, 0.2) is 0 Å². The van der Waals surface area contributed by atoms with Gasteiger partial charge in [0.2, 0.25) is 0 Å². The second-order valence-corrected chi connectivity index (χ2v) is 4.82. The summed E-state index contributed by atoms with van der Waals surface area (Å²) >= 11 is 0. The maximum absolute atomic E-state index is 14.4. The molecular formula is C16H12F4O2. The van der Waals surface area contributed by atoms with Gasteiger partial charge in [-0.15, -0.1) is 0 Å². The predicted molar refractivity (Wildman–Crippen MR) is 72.9 cm³/mol.